The molecule has 0 bridgehead atoms. The van der Waals surface area contributed by atoms with Gasteiger partial charge in [0.15, 0.2) is 0 Å². The smallest absolute Gasteiger partial charge is 0.224 e. The lowest BCUT2D eigenvalue weighted by Gasteiger charge is -2.12. The number of nitrogens with zero attached hydrogens (tertiary/aromatic N) is 2. The van der Waals surface area contributed by atoms with Crippen molar-refractivity contribution in [2.45, 2.75) is 18.9 Å². The molecule has 0 amide bonds. The molecule has 1 aromatic heterocycles. The first-order valence-corrected chi connectivity index (χ1v) is 8.53. The summed E-state index contributed by atoms with van der Waals surface area (Å²) in [7, 11) is 1.64. The maximum atomic E-state index is 5.68. The molecule has 1 saturated heterocycles. The molecule has 7 heteroatoms. The summed E-state index contributed by atoms with van der Waals surface area (Å²) in [4.78, 5) is 8.67. The third-order valence-corrected chi connectivity index (χ3v) is 3.90. The molecular formula is C18H24N4O3. The first-order chi connectivity index (χ1) is 12.3. The van der Waals surface area contributed by atoms with Crippen LogP contribution in [0, 0.1) is 0 Å². The molecule has 1 aliphatic rings. The predicted octanol–water partition coefficient (Wildman–Crippen LogP) is 2.57. The summed E-state index contributed by atoms with van der Waals surface area (Å²) in [5.74, 6) is 3.00. The molecule has 0 saturated carbocycles. The molecule has 2 heterocycles. The molecule has 1 aromatic carbocycles. The van der Waals surface area contributed by atoms with E-state index >= 15 is 0 Å². The Morgan fingerprint density at radius 1 is 1.16 bits per heavy atom. The van der Waals surface area contributed by atoms with Gasteiger partial charge in [-0.25, -0.2) is 4.98 Å². The largest absolute Gasteiger partial charge is 0.497 e. The van der Waals surface area contributed by atoms with Gasteiger partial charge in [0.05, 0.1) is 19.8 Å². The molecule has 2 N–H and O–H groups in total. The first-order valence-electron chi connectivity index (χ1n) is 8.53. The van der Waals surface area contributed by atoms with Crippen molar-refractivity contribution in [3.05, 3.63) is 36.5 Å². The molecule has 7 nitrogen and oxygen atoms in total. The van der Waals surface area contributed by atoms with Crippen LogP contribution in [0.5, 0.6) is 11.5 Å². The molecule has 0 spiro atoms. The van der Waals surface area contributed by atoms with Gasteiger partial charge >= 0.3 is 0 Å². The lowest BCUT2D eigenvalue weighted by molar-refractivity contribution is 0.120. The van der Waals surface area contributed by atoms with Crippen molar-refractivity contribution in [1.82, 2.24) is 9.97 Å². The SMILES string of the molecule is COc1ccc(OCCNc2ccnc(NCC3CCCO3)n2)cc1. The van der Waals surface area contributed by atoms with Crippen LogP contribution in [-0.4, -0.2) is 49.5 Å². The van der Waals surface area contributed by atoms with Crippen LogP contribution < -0.4 is 20.1 Å². The molecule has 0 aliphatic carbocycles. The summed E-state index contributed by atoms with van der Waals surface area (Å²) >= 11 is 0. The highest BCUT2D eigenvalue weighted by molar-refractivity contribution is 5.39. The summed E-state index contributed by atoms with van der Waals surface area (Å²) in [5, 5.41) is 6.46. The van der Waals surface area contributed by atoms with Crippen molar-refractivity contribution in [2.75, 3.05) is 44.0 Å². The van der Waals surface area contributed by atoms with Gasteiger partial charge in [-0.15, -0.1) is 0 Å². The fourth-order valence-electron chi connectivity index (χ4n) is 2.57. The number of hydrogen-bond acceptors (Lipinski definition) is 7. The van der Waals surface area contributed by atoms with Crippen LogP contribution in [0.15, 0.2) is 36.5 Å². The third-order valence-electron chi connectivity index (χ3n) is 3.90. The number of rotatable bonds is 9. The van der Waals surface area contributed by atoms with E-state index in [2.05, 4.69) is 20.6 Å². The van der Waals surface area contributed by atoms with Crippen molar-refractivity contribution in [2.24, 2.45) is 0 Å². The minimum absolute atomic E-state index is 0.262. The van der Waals surface area contributed by atoms with Gasteiger partial charge in [0.2, 0.25) is 5.95 Å². The van der Waals surface area contributed by atoms with Crippen LogP contribution in [0.3, 0.4) is 0 Å². The number of hydrogen-bond donors (Lipinski definition) is 2. The number of nitrogens with one attached hydrogen (secondary N) is 2. The molecule has 3 rings (SSSR count). The molecule has 25 heavy (non-hydrogen) atoms. The molecule has 1 unspecified atom stereocenters. The quantitative estimate of drug-likeness (QED) is 0.677. The summed E-state index contributed by atoms with van der Waals surface area (Å²) in [6.45, 7) is 2.77. The second-order valence-corrected chi connectivity index (χ2v) is 5.73. The minimum atomic E-state index is 0.262. The molecular weight excluding hydrogens is 320 g/mol. The first kappa shape index (κ1) is 17.3. The highest BCUT2D eigenvalue weighted by Crippen LogP contribution is 2.17. The number of ether oxygens (including phenoxy) is 3. The van der Waals surface area contributed by atoms with Crippen LogP contribution in [0.2, 0.25) is 0 Å². The average molecular weight is 344 g/mol. The average Bonchev–Trinajstić information content (AvgIpc) is 3.18. The number of aromatic nitrogens is 2. The van der Waals surface area contributed by atoms with Crippen molar-refractivity contribution in [1.29, 1.82) is 0 Å². The monoisotopic (exact) mass is 344 g/mol. The Hall–Kier alpha value is -2.54. The Balaban J connectivity index is 1.39. The zero-order valence-electron chi connectivity index (χ0n) is 14.4. The summed E-state index contributed by atoms with van der Waals surface area (Å²) in [6, 6.07) is 9.36. The Morgan fingerprint density at radius 3 is 2.76 bits per heavy atom. The van der Waals surface area contributed by atoms with Crippen LogP contribution >= 0.6 is 0 Å². The fraction of sp³-hybridized carbons (Fsp3) is 0.444. The lowest BCUT2D eigenvalue weighted by Crippen LogP contribution is -2.20. The number of benzene rings is 1. The summed E-state index contributed by atoms with van der Waals surface area (Å²) in [5.41, 5.74) is 0. The zero-order chi connectivity index (χ0) is 17.3. The molecule has 1 fully saturated rings. The van der Waals surface area contributed by atoms with Gasteiger partial charge in [-0.05, 0) is 43.2 Å². The van der Waals surface area contributed by atoms with Gasteiger partial charge in [-0.2, -0.15) is 4.98 Å². The molecule has 2 aromatic rings. The van der Waals surface area contributed by atoms with Gasteiger partial charge in [-0.3, -0.25) is 0 Å². The highest BCUT2D eigenvalue weighted by atomic mass is 16.5. The highest BCUT2D eigenvalue weighted by Gasteiger charge is 2.15. The number of anilines is 2. The van der Waals surface area contributed by atoms with E-state index in [0.29, 0.717) is 19.1 Å². The van der Waals surface area contributed by atoms with E-state index in [-0.39, 0.29) is 6.10 Å². The Bertz CT molecular complexity index is 645. The Morgan fingerprint density at radius 2 is 2.00 bits per heavy atom. The molecule has 1 atom stereocenters. The van der Waals surface area contributed by atoms with E-state index in [1.807, 2.05) is 30.3 Å². The van der Waals surface area contributed by atoms with E-state index in [1.165, 1.54) is 0 Å². The van der Waals surface area contributed by atoms with Gasteiger partial charge in [0.1, 0.15) is 23.9 Å². The normalized spacial score (nSPS) is 16.4. The Kier molecular flexibility index (Phi) is 6.28. The third kappa shape index (κ3) is 5.49. The van der Waals surface area contributed by atoms with Crippen LogP contribution in [-0.2, 0) is 4.74 Å². The molecule has 134 valence electrons. The van der Waals surface area contributed by atoms with Crippen molar-refractivity contribution in [3.63, 3.8) is 0 Å². The maximum absolute atomic E-state index is 5.68. The van der Waals surface area contributed by atoms with Crippen LogP contribution in [0.4, 0.5) is 11.8 Å². The van der Waals surface area contributed by atoms with Crippen LogP contribution in [0.1, 0.15) is 12.8 Å². The predicted molar refractivity (Wildman–Crippen MR) is 96.5 cm³/mol. The summed E-state index contributed by atoms with van der Waals surface area (Å²) < 4.78 is 16.4. The van der Waals surface area contributed by atoms with E-state index < -0.39 is 0 Å². The minimum Gasteiger partial charge on any atom is -0.497 e. The van der Waals surface area contributed by atoms with Gasteiger partial charge in [-0.1, -0.05) is 0 Å². The lowest BCUT2D eigenvalue weighted by atomic mass is 10.2. The standard InChI is InChI=1S/C18H24N4O3/c1-23-14-4-6-15(7-5-14)25-12-10-19-17-8-9-20-18(22-17)21-13-16-3-2-11-24-16/h4-9,16H,2-3,10-13H2,1H3,(H2,19,20,21,22). The zero-order valence-corrected chi connectivity index (χ0v) is 14.4. The second-order valence-electron chi connectivity index (χ2n) is 5.73. The maximum Gasteiger partial charge on any atom is 0.224 e. The van der Waals surface area contributed by atoms with Crippen molar-refractivity contribution in [3.8, 4) is 11.5 Å². The van der Waals surface area contributed by atoms with Crippen LogP contribution in [0.25, 0.3) is 0 Å². The van der Waals surface area contributed by atoms with Gasteiger partial charge in [0.25, 0.3) is 0 Å². The van der Waals surface area contributed by atoms with Gasteiger partial charge < -0.3 is 24.8 Å². The molecule has 1 aliphatic heterocycles. The van der Waals surface area contributed by atoms with Crippen molar-refractivity contribution < 1.29 is 14.2 Å². The van der Waals surface area contributed by atoms with E-state index in [4.69, 9.17) is 14.2 Å². The van der Waals surface area contributed by atoms with Crippen molar-refractivity contribution >= 4 is 11.8 Å². The Labute approximate surface area is 147 Å². The summed E-state index contributed by atoms with van der Waals surface area (Å²) in [6.07, 6.45) is 4.21. The second kappa shape index (κ2) is 9.08. The molecule has 0 radical (unpaired) electrons. The van der Waals surface area contributed by atoms with E-state index in [9.17, 15) is 0 Å². The number of methoxy groups -OCH3 is 1. The van der Waals surface area contributed by atoms with Gasteiger partial charge in [0, 0.05) is 19.3 Å². The fourth-order valence-corrected chi connectivity index (χ4v) is 2.57. The van der Waals surface area contributed by atoms with E-state index in [1.54, 1.807) is 13.3 Å². The van der Waals surface area contributed by atoms with E-state index in [0.717, 1.165) is 43.3 Å². The topological polar surface area (TPSA) is 77.5 Å².